The topological polar surface area (TPSA) is 88.2 Å². The Kier molecular flexibility index (Phi) is 6.11. The highest BCUT2D eigenvalue weighted by molar-refractivity contribution is 7.93. The van der Waals surface area contributed by atoms with Crippen molar-refractivity contribution < 1.29 is 13.2 Å². The number of anilines is 1. The van der Waals surface area contributed by atoms with Crippen LogP contribution >= 0.6 is 11.3 Å². The summed E-state index contributed by atoms with van der Waals surface area (Å²) in [5.74, 6) is -0.314. The van der Waals surface area contributed by atoms with Crippen molar-refractivity contribution in [2.75, 3.05) is 4.72 Å². The van der Waals surface area contributed by atoms with Crippen LogP contribution in [0.5, 0.6) is 0 Å². The van der Waals surface area contributed by atoms with Gasteiger partial charge in [0.25, 0.3) is 15.9 Å². The van der Waals surface area contributed by atoms with E-state index in [2.05, 4.69) is 15.0 Å². The van der Waals surface area contributed by atoms with Crippen molar-refractivity contribution in [1.29, 1.82) is 0 Å². The highest BCUT2D eigenvalue weighted by Crippen LogP contribution is 2.32. The summed E-state index contributed by atoms with van der Waals surface area (Å²) < 4.78 is 27.9. The zero-order chi connectivity index (χ0) is 21.7. The maximum Gasteiger partial charge on any atom is 0.264 e. The average molecular weight is 450 g/mol. The molecule has 1 amide bonds. The predicted molar refractivity (Wildman–Crippen MR) is 122 cm³/mol. The van der Waals surface area contributed by atoms with E-state index in [0.717, 1.165) is 22.5 Å². The Morgan fingerprint density at radius 1 is 0.839 bits per heavy atom. The van der Waals surface area contributed by atoms with E-state index in [1.54, 1.807) is 18.2 Å². The van der Waals surface area contributed by atoms with E-state index in [9.17, 15) is 13.2 Å². The van der Waals surface area contributed by atoms with Gasteiger partial charge < -0.3 is 5.32 Å². The fraction of sp³-hybridized carbons (Fsp3) is 0.0435. The third-order valence-corrected chi connectivity index (χ3v) is 6.91. The van der Waals surface area contributed by atoms with Crippen LogP contribution < -0.4 is 10.0 Å². The smallest absolute Gasteiger partial charge is 0.264 e. The summed E-state index contributed by atoms with van der Waals surface area (Å²) >= 11 is 1.01. The summed E-state index contributed by atoms with van der Waals surface area (Å²) in [4.78, 5) is 17.8. The molecule has 1 heterocycles. The van der Waals surface area contributed by atoms with E-state index in [0.29, 0.717) is 17.1 Å². The lowest BCUT2D eigenvalue weighted by atomic mass is 10.1. The number of nitrogens with one attached hydrogen (secondary N) is 2. The molecular weight excluding hydrogens is 430 g/mol. The molecule has 2 N–H and O–H groups in total. The molecule has 0 atom stereocenters. The van der Waals surface area contributed by atoms with E-state index >= 15 is 0 Å². The monoisotopic (exact) mass is 449 g/mol. The number of rotatable bonds is 7. The van der Waals surface area contributed by atoms with Crippen LogP contribution in [0.4, 0.5) is 5.13 Å². The first-order valence-corrected chi connectivity index (χ1v) is 11.8. The van der Waals surface area contributed by atoms with Crippen molar-refractivity contribution in [2.45, 2.75) is 11.4 Å². The number of carbonyl (C=O) groups excluding carboxylic acids is 1. The summed E-state index contributed by atoms with van der Waals surface area (Å²) in [7, 11) is -3.81. The zero-order valence-corrected chi connectivity index (χ0v) is 18.0. The highest BCUT2D eigenvalue weighted by atomic mass is 32.2. The van der Waals surface area contributed by atoms with Crippen molar-refractivity contribution >= 4 is 32.4 Å². The Morgan fingerprint density at radius 2 is 1.42 bits per heavy atom. The Bertz CT molecular complexity index is 1270. The van der Waals surface area contributed by atoms with Crippen LogP contribution in [-0.2, 0) is 16.6 Å². The Balaban J connectivity index is 1.64. The molecule has 0 bridgehead atoms. The molecule has 4 rings (SSSR count). The normalized spacial score (nSPS) is 11.1. The largest absolute Gasteiger partial charge is 0.347 e. The van der Waals surface area contributed by atoms with Crippen molar-refractivity contribution in [3.05, 3.63) is 101 Å². The van der Waals surface area contributed by atoms with Gasteiger partial charge in [-0.3, -0.25) is 9.52 Å². The molecule has 0 spiro atoms. The first-order valence-electron chi connectivity index (χ1n) is 9.49. The molecule has 6 nitrogen and oxygen atoms in total. The van der Waals surface area contributed by atoms with Crippen LogP contribution in [0.15, 0.2) is 95.9 Å². The van der Waals surface area contributed by atoms with Gasteiger partial charge in [0.2, 0.25) is 0 Å². The number of thiazole rings is 1. The molecule has 0 fully saturated rings. The first kappa shape index (κ1) is 20.8. The molecule has 1 aromatic heterocycles. The second-order valence-electron chi connectivity index (χ2n) is 6.65. The van der Waals surface area contributed by atoms with Gasteiger partial charge in [0.15, 0.2) is 5.13 Å². The molecule has 0 aliphatic carbocycles. The zero-order valence-electron chi connectivity index (χ0n) is 16.4. The minimum absolute atomic E-state index is 0.126. The third kappa shape index (κ3) is 4.99. The number of amides is 1. The molecule has 0 unspecified atom stereocenters. The van der Waals surface area contributed by atoms with E-state index in [-0.39, 0.29) is 15.9 Å². The minimum Gasteiger partial charge on any atom is -0.347 e. The fourth-order valence-corrected chi connectivity index (χ4v) is 5.10. The Morgan fingerprint density at radius 3 is 2.06 bits per heavy atom. The number of carbonyl (C=O) groups is 1. The molecule has 31 heavy (non-hydrogen) atoms. The number of hydrogen-bond acceptors (Lipinski definition) is 5. The van der Waals surface area contributed by atoms with Gasteiger partial charge in [0.05, 0.1) is 10.6 Å². The number of hydrogen-bond donors (Lipinski definition) is 2. The second-order valence-corrected chi connectivity index (χ2v) is 9.33. The van der Waals surface area contributed by atoms with Crippen LogP contribution in [0, 0.1) is 0 Å². The molecule has 0 aliphatic rings. The van der Waals surface area contributed by atoms with E-state index in [4.69, 9.17) is 0 Å². The lowest BCUT2D eigenvalue weighted by molar-refractivity contribution is 0.0955. The molecule has 0 saturated heterocycles. The Labute approximate surface area is 184 Å². The lowest BCUT2D eigenvalue weighted by Crippen LogP contribution is -2.22. The van der Waals surface area contributed by atoms with Crippen LogP contribution in [0.1, 0.15) is 15.2 Å². The van der Waals surface area contributed by atoms with Gasteiger partial charge in [-0.25, -0.2) is 13.4 Å². The number of benzene rings is 3. The molecule has 3 aromatic carbocycles. The van der Waals surface area contributed by atoms with E-state index < -0.39 is 10.0 Å². The summed E-state index contributed by atoms with van der Waals surface area (Å²) in [6.45, 7) is 0.358. The Hall–Kier alpha value is -3.49. The molecule has 0 saturated carbocycles. The first-order chi connectivity index (χ1) is 15.0. The van der Waals surface area contributed by atoms with Crippen LogP contribution in [0.3, 0.4) is 0 Å². The van der Waals surface area contributed by atoms with Gasteiger partial charge in [0, 0.05) is 12.1 Å². The van der Waals surface area contributed by atoms with Gasteiger partial charge in [-0.05, 0) is 17.7 Å². The van der Waals surface area contributed by atoms with Crippen molar-refractivity contribution in [2.24, 2.45) is 0 Å². The fourth-order valence-electron chi connectivity index (χ4n) is 2.94. The standard InChI is InChI=1S/C23H19N3O3S2/c27-22(24-16-17-10-4-1-5-11-17)21-20(18-12-6-2-7-13-18)25-23(30-21)26-31(28,29)19-14-8-3-9-15-19/h1-15H,16H2,(H,24,27)(H,25,26). The van der Waals surface area contributed by atoms with Gasteiger partial charge in [-0.2, -0.15) is 0 Å². The summed E-state index contributed by atoms with van der Waals surface area (Å²) in [5, 5.41) is 3.02. The number of aromatic nitrogens is 1. The van der Waals surface area contributed by atoms with Crippen LogP contribution in [0.25, 0.3) is 11.3 Å². The summed E-state index contributed by atoms with van der Waals surface area (Å²) in [6, 6.07) is 26.8. The van der Waals surface area contributed by atoms with Crippen molar-refractivity contribution in [3.63, 3.8) is 0 Å². The van der Waals surface area contributed by atoms with Crippen molar-refractivity contribution in [1.82, 2.24) is 10.3 Å². The molecular formula is C23H19N3O3S2. The second kappa shape index (κ2) is 9.11. The molecule has 8 heteroatoms. The van der Waals surface area contributed by atoms with Crippen LogP contribution in [-0.4, -0.2) is 19.3 Å². The average Bonchev–Trinajstić information content (AvgIpc) is 3.22. The maximum absolute atomic E-state index is 12.9. The van der Waals surface area contributed by atoms with Crippen molar-refractivity contribution in [3.8, 4) is 11.3 Å². The lowest BCUT2D eigenvalue weighted by Gasteiger charge is -2.05. The van der Waals surface area contributed by atoms with Gasteiger partial charge in [-0.1, -0.05) is 90.2 Å². The predicted octanol–water partition coefficient (Wildman–Crippen LogP) is 4.54. The third-order valence-electron chi connectivity index (χ3n) is 4.45. The maximum atomic E-state index is 12.9. The molecule has 0 radical (unpaired) electrons. The molecule has 4 aromatic rings. The number of sulfonamides is 1. The molecule has 0 aliphatic heterocycles. The SMILES string of the molecule is O=C(NCc1ccccc1)c1sc(NS(=O)(=O)c2ccccc2)nc1-c1ccccc1. The minimum atomic E-state index is -3.81. The number of nitrogens with zero attached hydrogens (tertiary/aromatic N) is 1. The van der Waals surface area contributed by atoms with Gasteiger partial charge in [0.1, 0.15) is 4.88 Å². The van der Waals surface area contributed by atoms with Gasteiger partial charge >= 0.3 is 0 Å². The molecule has 156 valence electrons. The van der Waals surface area contributed by atoms with Crippen LogP contribution in [0.2, 0.25) is 0 Å². The summed E-state index contributed by atoms with van der Waals surface area (Å²) in [5.41, 5.74) is 2.13. The summed E-state index contributed by atoms with van der Waals surface area (Å²) in [6.07, 6.45) is 0. The van der Waals surface area contributed by atoms with E-state index in [1.165, 1.54) is 12.1 Å². The van der Waals surface area contributed by atoms with Gasteiger partial charge in [-0.15, -0.1) is 0 Å². The highest BCUT2D eigenvalue weighted by Gasteiger charge is 2.22. The van der Waals surface area contributed by atoms with E-state index in [1.807, 2.05) is 60.7 Å². The quantitative estimate of drug-likeness (QED) is 0.434.